The van der Waals surface area contributed by atoms with Crippen molar-refractivity contribution in [1.82, 2.24) is 25.1 Å². The summed E-state index contributed by atoms with van der Waals surface area (Å²) in [5, 5.41) is 13.9. The van der Waals surface area contributed by atoms with Crippen molar-refractivity contribution in [2.45, 2.75) is 31.0 Å². The number of nitrogens with one attached hydrogen (secondary N) is 2. The molecule has 0 aliphatic carbocycles. The van der Waals surface area contributed by atoms with E-state index in [0.717, 1.165) is 40.8 Å². The number of hydrogen-bond acceptors (Lipinski definition) is 4. The third-order valence-corrected chi connectivity index (χ3v) is 6.86. The zero-order chi connectivity index (χ0) is 24.0. The van der Waals surface area contributed by atoms with Crippen LogP contribution >= 0.6 is 11.8 Å². The molecule has 1 amide bonds. The van der Waals surface area contributed by atoms with E-state index in [4.69, 9.17) is 0 Å². The van der Waals surface area contributed by atoms with Gasteiger partial charge in [0.25, 0.3) is 0 Å². The lowest BCUT2D eigenvalue weighted by Crippen LogP contribution is -2.34. The van der Waals surface area contributed by atoms with Crippen LogP contribution < -0.4 is 5.32 Å². The van der Waals surface area contributed by atoms with Gasteiger partial charge in [-0.2, -0.15) is 0 Å². The van der Waals surface area contributed by atoms with Crippen molar-refractivity contribution in [2.24, 2.45) is 0 Å². The van der Waals surface area contributed by atoms with E-state index < -0.39 is 0 Å². The van der Waals surface area contributed by atoms with Gasteiger partial charge in [0.2, 0.25) is 5.91 Å². The van der Waals surface area contributed by atoms with Crippen molar-refractivity contribution in [3.05, 3.63) is 96.7 Å². The molecule has 1 atom stereocenters. The highest BCUT2D eigenvalue weighted by molar-refractivity contribution is 7.99. The molecule has 2 N–H and O–H groups in total. The molecule has 0 bridgehead atoms. The second kappa shape index (κ2) is 10.6. The predicted octanol–water partition coefficient (Wildman–Crippen LogP) is 5.65. The molecule has 0 fully saturated rings. The van der Waals surface area contributed by atoms with Crippen LogP contribution in [0.3, 0.4) is 0 Å². The SMILES string of the molecule is CC(CCc1ccccc1)NC(=O)CSc1nnc(-c2c[nH]c3ccccc23)n1-c1ccccc1. The van der Waals surface area contributed by atoms with Crippen molar-refractivity contribution >= 4 is 28.6 Å². The number of aryl methyl sites for hydroxylation is 1. The normalized spacial score (nSPS) is 12.0. The number of carbonyl (C=O) groups is 1. The fourth-order valence-corrected chi connectivity index (χ4v) is 4.91. The standard InChI is InChI=1S/C28H27N5OS/c1-20(16-17-21-10-4-2-5-11-21)30-26(34)19-35-28-32-31-27(33(28)22-12-6-3-7-13-22)24-18-29-25-15-9-8-14-23(24)25/h2-15,18,20,29H,16-17,19H2,1H3,(H,30,34). The molecule has 2 heterocycles. The fraction of sp³-hybridized carbons (Fsp3) is 0.179. The van der Waals surface area contributed by atoms with Gasteiger partial charge < -0.3 is 10.3 Å². The van der Waals surface area contributed by atoms with Gasteiger partial charge in [0, 0.05) is 34.4 Å². The number of fused-ring (bicyclic) bond motifs is 1. The van der Waals surface area contributed by atoms with Crippen LogP contribution in [0.5, 0.6) is 0 Å². The summed E-state index contributed by atoms with van der Waals surface area (Å²) in [6, 6.07) is 28.6. The number of thioether (sulfide) groups is 1. The molecule has 0 aliphatic heterocycles. The molecule has 0 aliphatic rings. The third kappa shape index (κ3) is 5.30. The summed E-state index contributed by atoms with van der Waals surface area (Å²) in [7, 11) is 0. The van der Waals surface area contributed by atoms with E-state index >= 15 is 0 Å². The number of rotatable bonds is 9. The second-order valence-corrected chi connectivity index (χ2v) is 9.45. The zero-order valence-electron chi connectivity index (χ0n) is 19.5. The first kappa shape index (κ1) is 22.9. The lowest BCUT2D eigenvalue weighted by Gasteiger charge is -2.14. The van der Waals surface area contributed by atoms with Crippen LogP contribution in [0.15, 0.2) is 96.3 Å². The average Bonchev–Trinajstić information content (AvgIpc) is 3.51. The summed E-state index contributed by atoms with van der Waals surface area (Å²) in [6.07, 6.45) is 3.79. The molecular formula is C28H27N5OS. The molecule has 5 rings (SSSR count). The number of aromatic nitrogens is 4. The van der Waals surface area contributed by atoms with Gasteiger partial charge in [-0.25, -0.2) is 0 Å². The van der Waals surface area contributed by atoms with Gasteiger partial charge >= 0.3 is 0 Å². The molecule has 5 aromatic rings. The first-order valence-corrected chi connectivity index (χ1v) is 12.7. The maximum atomic E-state index is 12.7. The summed E-state index contributed by atoms with van der Waals surface area (Å²) in [6.45, 7) is 2.05. The smallest absolute Gasteiger partial charge is 0.230 e. The van der Waals surface area contributed by atoms with Gasteiger partial charge in [-0.15, -0.1) is 10.2 Å². The summed E-state index contributed by atoms with van der Waals surface area (Å²) < 4.78 is 2.02. The number of para-hydroxylation sites is 2. The van der Waals surface area contributed by atoms with Crippen molar-refractivity contribution in [3.63, 3.8) is 0 Å². The monoisotopic (exact) mass is 481 g/mol. The highest BCUT2D eigenvalue weighted by Crippen LogP contribution is 2.32. The average molecular weight is 482 g/mol. The lowest BCUT2D eigenvalue weighted by molar-refractivity contribution is -0.119. The quantitative estimate of drug-likeness (QED) is 0.267. The highest BCUT2D eigenvalue weighted by atomic mass is 32.2. The van der Waals surface area contributed by atoms with E-state index in [1.54, 1.807) is 0 Å². The van der Waals surface area contributed by atoms with Gasteiger partial charge in [-0.3, -0.25) is 9.36 Å². The molecule has 0 saturated carbocycles. The Morgan fingerprint density at radius 2 is 1.69 bits per heavy atom. The van der Waals surface area contributed by atoms with Gasteiger partial charge in [0.15, 0.2) is 11.0 Å². The molecule has 0 spiro atoms. The van der Waals surface area contributed by atoms with E-state index in [0.29, 0.717) is 5.16 Å². The molecule has 35 heavy (non-hydrogen) atoms. The molecule has 176 valence electrons. The van der Waals surface area contributed by atoms with Crippen LogP contribution in [-0.2, 0) is 11.2 Å². The van der Waals surface area contributed by atoms with Gasteiger partial charge in [-0.1, -0.05) is 78.5 Å². The van der Waals surface area contributed by atoms with Crippen LogP contribution in [0.25, 0.3) is 28.0 Å². The van der Waals surface area contributed by atoms with Crippen molar-refractivity contribution in [1.29, 1.82) is 0 Å². The molecule has 6 nitrogen and oxygen atoms in total. The van der Waals surface area contributed by atoms with Gasteiger partial charge in [0.05, 0.1) is 5.75 Å². The summed E-state index contributed by atoms with van der Waals surface area (Å²) in [5.74, 6) is 1.01. The van der Waals surface area contributed by atoms with E-state index in [-0.39, 0.29) is 17.7 Å². The summed E-state index contributed by atoms with van der Waals surface area (Å²) >= 11 is 1.40. The lowest BCUT2D eigenvalue weighted by atomic mass is 10.1. The van der Waals surface area contributed by atoms with E-state index in [2.05, 4.69) is 38.7 Å². The topological polar surface area (TPSA) is 75.6 Å². The first-order valence-electron chi connectivity index (χ1n) is 11.7. The van der Waals surface area contributed by atoms with E-state index in [1.165, 1.54) is 17.3 Å². The fourth-order valence-electron chi connectivity index (χ4n) is 4.15. The number of benzene rings is 3. The highest BCUT2D eigenvalue weighted by Gasteiger charge is 2.20. The summed E-state index contributed by atoms with van der Waals surface area (Å²) in [5.41, 5.74) is 4.26. The minimum absolute atomic E-state index is 0.00758. The largest absolute Gasteiger partial charge is 0.360 e. The minimum Gasteiger partial charge on any atom is -0.360 e. The Morgan fingerprint density at radius 1 is 0.971 bits per heavy atom. The van der Waals surface area contributed by atoms with E-state index in [9.17, 15) is 4.79 Å². The Kier molecular flexibility index (Phi) is 6.95. The van der Waals surface area contributed by atoms with Crippen molar-refractivity contribution in [3.8, 4) is 17.1 Å². The third-order valence-electron chi connectivity index (χ3n) is 5.93. The first-order chi connectivity index (χ1) is 17.2. The Morgan fingerprint density at radius 3 is 2.49 bits per heavy atom. The maximum Gasteiger partial charge on any atom is 0.230 e. The van der Waals surface area contributed by atoms with Crippen LogP contribution in [0.4, 0.5) is 0 Å². The number of hydrogen-bond donors (Lipinski definition) is 2. The Labute approximate surface area is 208 Å². The molecule has 1 unspecified atom stereocenters. The number of H-pyrrole nitrogens is 1. The Balaban J connectivity index is 1.31. The molecule has 7 heteroatoms. The van der Waals surface area contributed by atoms with Crippen LogP contribution in [0, 0.1) is 0 Å². The van der Waals surface area contributed by atoms with Crippen molar-refractivity contribution < 1.29 is 4.79 Å². The molecule has 2 aromatic heterocycles. The second-order valence-electron chi connectivity index (χ2n) is 8.51. The minimum atomic E-state index is -0.00758. The van der Waals surface area contributed by atoms with Crippen molar-refractivity contribution in [2.75, 3.05) is 5.75 Å². The van der Waals surface area contributed by atoms with Crippen LogP contribution in [-0.4, -0.2) is 37.5 Å². The van der Waals surface area contributed by atoms with Gasteiger partial charge in [-0.05, 0) is 43.5 Å². The molecule has 3 aromatic carbocycles. The van der Waals surface area contributed by atoms with Gasteiger partial charge in [0.1, 0.15) is 0 Å². The predicted molar refractivity (Wildman–Crippen MR) is 142 cm³/mol. The Hall–Kier alpha value is -3.84. The Bertz CT molecular complexity index is 1410. The van der Waals surface area contributed by atoms with Crippen LogP contribution in [0.2, 0.25) is 0 Å². The molecular weight excluding hydrogens is 454 g/mol. The molecule has 0 saturated heterocycles. The number of nitrogens with zero attached hydrogens (tertiary/aromatic N) is 3. The zero-order valence-corrected chi connectivity index (χ0v) is 20.3. The summed E-state index contributed by atoms with van der Waals surface area (Å²) in [4.78, 5) is 16.0. The molecule has 0 radical (unpaired) electrons. The van der Waals surface area contributed by atoms with Crippen LogP contribution in [0.1, 0.15) is 18.9 Å². The number of amides is 1. The number of aromatic amines is 1. The number of carbonyl (C=O) groups excluding carboxylic acids is 1. The maximum absolute atomic E-state index is 12.7. The van der Waals surface area contributed by atoms with E-state index in [1.807, 2.05) is 84.4 Å².